The van der Waals surface area contributed by atoms with Crippen LogP contribution in [0, 0.1) is 0 Å². The molecule has 3 unspecified atom stereocenters. The van der Waals surface area contributed by atoms with Gasteiger partial charge >= 0.3 is 6.18 Å². The maximum absolute atomic E-state index is 13.4. The van der Waals surface area contributed by atoms with E-state index in [4.69, 9.17) is 0 Å². The standard InChI is InChI=1S/C26H27F3N2O2S/c1-17(19-7-3-2-4-8-19)30-24(32)16-31-21-9-5-6-10-22(21)34-23(25(31)33)15-18-11-13-20(14-12-18)26(27,28)29/h2-4,7-8,11-15,17,21-22H,5-6,9-10,16H2,1H3,(H,30,32)/b23-15+. The number of fused-ring (bicyclic) bond motifs is 1. The summed E-state index contributed by atoms with van der Waals surface area (Å²) in [6, 6.07) is 14.2. The average molecular weight is 489 g/mol. The first-order chi connectivity index (χ1) is 16.2. The summed E-state index contributed by atoms with van der Waals surface area (Å²) in [4.78, 5) is 28.4. The molecule has 1 saturated carbocycles. The van der Waals surface area contributed by atoms with Crippen molar-refractivity contribution >= 4 is 29.7 Å². The number of carbonyl (C=O) groups excluding carboxylic acids is 2. The molecule has 4 rings (SSSR count). The van der Waals surface area contributed by atoms with Crippen molar-refractivity contribution < 1.29 is 22.8 Å². The molecule has 2 amide bonds. The van der Waals surface area contributed by atoms with Crippen molar-refractivity contribution in [3.8, 4) is 0 Å². The molecule has 34 heavy (non-hydrogen) atoms. The van der Waals surface area contributed by atoms with Crippen LogP contribution in [0.2, 0.25) is 0 Å². The number of nitrogens with zero attached hydrogens (tertiary/aromatic N) is 1. The maximum atomic E-state index is 13.4. The van der Waals surface area contributed by atoms with E-state index in [0.717, 1.165) is 43.4 Å². The highest BCUT2D eigenvalue weighted by Gasteiger charge is 2.41. The molecule has 1 N–H and O–H groups in total. The van der Waals surface area contributed by atoms with Gasteiger partial charge in [-0.05, 0) is 49.1 Å². The number of benzene rings is 2. The highest BCUT2D eigenvalue weighted by Crippen LogP contribution is 2.42. The summed E-state index contributed by atoms with van der Waals surface area (Å²) in [6.07, 6.45) is 1.07. The second kappa shape index (κ2) is 10.3. The number of rotatable bonds is 5. The Balaban J connectivity index is 1.52. The quantitative estimate of drug-likeness (QED) is 0.541. The molecule has 0 radical (unpaired) electrons. The Bertz CT molecular complexity index is 1050. The van der Waals surface area contributed by atoms with E-state index in [1.165, 1.54) is 23.9 Å². The van der Waals surface area contributed by atoms with E-state index in [1.54, 1.807) is 11.0 Å². The van der Waals surface area contributed by atoms with Crippen molar-refractivity contribution in [1.82, 2.24) is 10.2 Å². The van der Waals surface area contributed by atoms with Gasteiger partial charge in [0.1, 0.15) is 6.54 Å². The van der Waals surface area contributed by atoms with E-state index in [-0.39, 0.29) is 35.7 Å². The molecule has 2 aliphatic rings. The molecular formula is C26H27F3N2O2S. The molecule has 2 aromatic carbocycles. The fourth-order valence-corrected chi connectivity index (χ4v) is 6.02. The van der Waals surface area contributed by atoms with Crippen LogP contribution in [0.15, 0.2) is 59.5 Å². The Morgan fingerprint density at radius 3 is 2.47 bits per heavy atom. The summed E-state index contributed by atoms with van der Waals surface area (Å²) >= 11 is 1.49. The van der Waals surface area contributed by atoms with Crippen molar-refractivity contribution in [2.24, 2.45) is 0 Å². The molecule has 180 valence electrons. The zero-order valence-corrected chi connectivity index (χ0v) is 19.7. The van der Waals surface area contributed by atoms with E-state index in [1.807, 2.05) is 37.3 Å². The zero-order valence-electron chi connectivity index (χ0n) is 18.8. The number of hydrogen-bond acceptors (Lipinski definition) is 3. The molecule has 1 aliphatic heterocycles. The molecule has 0 spiro atoms. The highest BCUT2D eigenvalue weighted by atomic mass is 32.2. The minimum atomic E-state index is -4.41. The molecule has 4 nitrogen and oxygen atoms in total. The molecule has 1 aliphatic carbocycles. The molecule has 1 saturated heterocycles. The van der Waals surface area contributed by atoms with Crippen LogP contribution in [-0.4, -0.2) is 34.6 Å². The zero-order chi connectivity index (χ0) is 24.3. The monoisotopic (exact) mass is 488 g/mol. The Morgan fingerprint density at radius 2 is 1.79 bits per heavy atom. The molecular weight excluding hydrogens is 461 g/mol. The van der Waals surface area contributed by atoms with E-state index in [9.17, 15) is 22.8 Å². The number of amides is 2. The lowest BCUT2D eigenvalue weighted by Crippen LogP contribution is -2.54. The van der Waals surface area contributed by atoms with Gasteiger partial charge in [-0.25, -0.2) is 0 Å². The number of halogens is 3. The van der Waals surface area contributed by atoms with Gasteiger partial charge in [-0.1, -0.05) is 55.3 Å². The van der Waals surface area contributed by atoms with Gasteiger partial charge < -0.3 is 10.2 Å². The summed E-state index contributed by atoms with van der Waals surface area (Å²) in [7, 11) is 0. The Kier molecular flexibility index (Phi) is 7.36. The van der Waals surface area contributed by atoms with Crippen molar-refractivity contribution in [1.29, 1.82) is 0 Å². The Hall–Kier alpha value is -2.74. The minimum absolute atomic E-state index is 0.0196. The second-order valence-corrected chi connectivity index (χ2v) is 10.1. The number of thioether (sulfide) groups is 1. The molecule has 8 heteroatoms. The minimum Gasteiger partial charge on any atom is -0.348 e. The number of alkyl halides is 3. The van der Waals surface area contributed by atoms with E-state index in [2.05, 4.69) is 5.32 Å². The lowest BCUT2D eigenvalue weighted by molar-refractivity contribution is -0.137. The topological polar surface area (TPSA) is 49.4 Å². The fraction of sp³-hybridized carbons (Fsp3) is 0.385. The third kappa shape index (κ3) is 5.66. The maximum Gasteiger partial charge on any atom is 0.416 e. The first kappa shape index (κ1) is 24.4. The summed E-state index contributed by atoms with van der Waals surface area (Å²) in [5, 5.41) is 3.15. The summed E-state index contributed by atoms with van der Waals surface area (Å²) in [6.45, 7) is 1.86. The number of hydrogen-bond donors (Lipinski definition) is 1. The third-order valence-electron chi connectivity index (χ3n) is 6.34. The lowest BCUT2D eigenvalue weighted by atomic mass is 9.93. The molecule has 2 aromatic rings. The van der Waals surface area contributed by atoms with Gasteiger partial charge in [0, 0.05) is 11.3 Å². The van der Waals surface area contributed by atoms with Gasteiger partial charge in [-0.15, -0.1) is 11.8 Å². The van der Waals surface area contributed by atoms with Crippen LogP contribution in [0.3, 0.4) is 0 Å². The molecule has 0 aromatic heterocycles. The Labute approximate surface area is 201 Å². The molecule has 0 bridgehead atoms. The van der Waals surface area contributed by atoms with Crippen LogP contribution >= 0.6 is 11.8 Å². The van der Waals surface area contributed by atoms with Gasteiger partial charge in [-0.3, -0.25) is 9.59 Å². The average Bonchev–Trinajstić information content (AvgIpc) is 2.82. The van der Waals surface area contributed by atoms with Gasteiger partial charge in [-0.2, -0.15) is 13.2 Å². The summed E-state index contributed by atoms with van der Waals surface area (Å²) < 4.78 is 38.6. The normalized spacial score (nSPS) is 22.9. The van der Waals surface area contributed by atoms with Crippen LogP contribution in [0.1, 0.15) is 55.3 Å². The van der Waals surface area contributed by atoms with Crippen LogP contribution in [0.5, 0.6) is 0 Å². The number of nitrogens with one attached hydrogen (secondary N) is 1. The van der Waals surface area contributed by atoms with Gasteiger partial charge in [0.2, 0.25) is 5.91 Å². The lowest BCUT2D eigenvalue weighted by Gasteiger charge is -2.44. The van der Waals surface area contributed by atoms with Crippen LogP contribution < -0.4 is 5.32 Å². The molecule has 3 atom stereocenters. The largest absolute Gasteiger partial charge is 0.416 e. The van der Waals surface area contributed by atoms with E-state index < -0.39 is 11.7 Å². The Morgan fingerprint density at radius 1 is 1.12 bits per heavy atom. The van der Waals surface area contributed by atoms with Gasteiger partial charge in [0.05, 0.1) is 16.5 Å². The van der Waals surface area contributed by atoms with Crippen LogP contribution in [0.4, 0.5) is 13.2 Å². The van der Waals surface area contributed by atoms with E-state index >= 15 is 0 Å². The van der Waals surface area contributed by atoms with Crippen molar-refractivity contribution in [3.05, 3.63) is 76.2 Å². The number of carbonyl (C=O) groups is 2. The molecule has 2 fully saturated rings. The van der Waals surface area contributed by atoms with E-state index in [0.29, 0.717) is 10.5 Å². The smallest absolute Gasteiger partial charge is 0.348 e. The SMILES string of the molecule is CC(NC(=O)CN1C(=O)/C(=C\c2ccc(C(F)(F)F)cc2)SC2CCCCC21)c1ccccc1. The molecule has 1 heterocycles. The van der Waals surface area contributed by atoms with Gasteiger partial charge in [0.15, 0.2) is 0 Å². The third-order valence-corrected chi connectivity index (χ3v) is 7.74. The first-order valence-electron chi connectivity index (χ1n) is 11.4. The first-order valence-corrected chi connectivity index (χ1v) is 12.3. The van der Waals surface area contributed by atoms with Crippen LogP contribution in [-0.2, 0) is 15.8 Å². The summed E-state index contributed by atoms with van der Waals surface area (Å²) in [5.41, 5.74) is 0.783. The predicted molar refractivity (Wildman–Crippen MR) is 128 cm³/mol. The highest BCUT2D eigenvalue weighted by molar-refractivity contribution is 8.04. The fourth-order valence-electron chi connectivity index (χ4n) is 4.55. The summed E-state index contributed by atoms with van der Waals surface area (Å²) in [5.74, 6) is -0.467. The predicted octanol–water partition coefficient (Wildman–Crippen LogP) is 5.81. The second-order valence-electron chi connectivity index (χ2n) is 8.77. The van der Waals surface area contributed by atoms with Crippen LogP contribution in [0.25, 0.3) is 6.08 Å². The van der Waals surface area contributed by atoms with Gasteiger partial charge in [0.25, 0.3) is 5.91 Å². The van der Waals surface area contributed by atoms with Crippen molar-refractivity contribution in [2.75, 3.05) is 6.54 Å². The van der Waals surface area contributed by atoms with Crippen molar-refractivity contribution in [2.45, 2.75) is 56.1 Å². The van der Waals surface area contributed by atoms with Crippen molar-refractivity contribution in [3.63, 3.8) is 0 Å².